The summed E-state index contributed by atoms with van der Waals surface area (Å²) in [6.07, 6.45) is 4.92. The minimum atomic E-state index is -2.64. The molecule has 2 aromatic heterocycles. The van der Waals surface area contributed by atoms with Crippen LogP contribution in [0.25, 0.3) is 11.1 Å². The lowest BCUT2D eigenvalue weighted by atomic mass is 9.92. The van der Waals surface area contributed by atoms with Crippen LogP contribution in [-0.4, -0.2) is 63.2 Å². The summed E-state index contributed by atoms with van der Waals surface area (Å²) in [6.45, 7) is 3.11. The van der Waals surface area contributed by atoms with Crippen LogP contribution in [0.5, 0.6) is 0 Å². The Hall–Kier alpha value is -2.39. The highest BCUT2D eigenvalue weighted by atomic mass is 127. The van der Waals surface area contributed by atoms with Crippen LogP contribution in [0.3, 0.4) is 0 Å². The fraction of sp³-hybridized carbons (Fsp3) is 0.500. The van der Waals surface area contributed by atoms with Crippen LogP contribution in [0.4, 0.5) is 25.1 Å². The zero-order valence-corrected chi connectivity index (χ0v) is 24.6. The fourth-order valence-electron chi connectivity index (χ4n) is 5.99. The SMILES string of the molecule is CNC(=O)N1CCc2c(c(N3CCCc4cc(-c5cnn(SI)c5)c(C(F)F)cc43)nn2C2CCOCC2)C1. The number of hydrogen-bond donors (Lipinski definition) is 1. The standard InChI is InChI=1S/C26H30F2IN7O2S/c1-30-26(37)33-8-4-22-21(15-33)25(32-36(22)18-5-9-38-10-6-18)34-7-2-3-16-11-19(17-13-31-35(14-17)39-29)20(24(27)28)12-23(16)34/h11-14,18,24H,2-10,15H2,1H3,(H,30,37). The summed E-state index contributed by atoms with van der Waals surface area (Å²) in [6, 6.07) is 3.64. The predicted molar refractivity (Wildman–Crippen MR) is 155 cm³/mol. The molecule has 1 fully saturated rings. The van der Waals surface area contributed by atoms with Gasteiger partial charge in [0, 0.05) is 104 Å². The second-order valence-corrected chi connectivity index (χ2v) is 11.8. The van der Waals surface area contributed by atoms with E-state index in [-0.39, 0.29) is 17.6 Å². The van der Waals surface area contributed by atoms with Gasteiger partial charge in [-0.1, -0.05) is 0 Å². The van der Waals surface area contributed by atoms with E-state index >= 15 is 0 Å². The molecule has 1 aromatic carbocycles. The molecule has 3 aliphatic rings. The van der Waals surface area contributed by atoms with Crippen LogP contribution >= 0.6 is 30.3 Å². The van der Waals surface area contributed by atoms with Crippen molar-refractivity contribution in [3.63, 3.8) is 0 Å². The highest BCUT2D eigenvalue weighted by Gasteiger charge is 2.34. The van der Waals surface area contributed by atoms with Crippen molar-refractivity contribution < 1.29 is 18.3 Å². The predicted octanol–water partition coefficient (Wildman–Crippen LogP) is 5.66. The number of rotatable bonds is 5. The van der Waals surface area contributed by atoms with E-state index < -0.39 is 6.43 Å². The van der Waals surface area contributed by atoms with E-state index in [1.165, 1.54) is 9.12 Å². The van der Waals surface area contributed by atoms with Crippen LogP contribution in [0.1, 0.15) is 54.1 Å². The molecule has 0 radical (unpaired) electrons. The Balaban J connectivity index is 1.45. The Kier molecular flexibility index (Phi) is 7.73. The zero-order valence-electron chi connectivity index (χ0n) is 21.6. The first kappa shape index (κ1) is 26.8. The maximum atomic E-state index is 14.5. The van der Waals surface area contributed by atoms with Gasteiger partial charge in [-0.3, -0.25) is 4.68 Å². The number of nitrogens with zero attached hydrogens (tertiary/aromatic N) is 6. The maximum absolute atomic E-state index is 14.5. The van der Waals surface area contributed by atoms with Crippen molar-refractivity contribution in [1.29, 1.82) is 0 Å². The van der Waals surface area contributed by atoms with Crippen LogP contribution in [0.15, 0.2) is 24.5 Å². The molecule has 208 valence electrons. The Labute approximate surface area is 241 Å². The number of aryl methyl sites for hydroxylation is 1. The van der Waals surface area contributed by atoms with E-state index in [2.05, 4.69) is 41.2 Å². The molecule has 1 N–H and O–H groups in total. The average Bonchev–Trinajstić information content (AvgIpc) is 3.61. The highest BCUT2D eigenvalue weighted by Crippen LogP contribution is 2.43. The number of anilines is 2. The second kappa shape index (κ2) is 11.2. The molecule has 13 heteroatoms. The Morgan fingerprint density at radius 2 is 2.05 bits per heavy atom. The van der Waals surface area contributed by atoms with Crippen molar-refractivity contribution in [2.45, 2.75) is 51.1 Å². The van der Waals surface area contributed by atoms with Crippen LogP contribution in [0, 0.1) is 0 Å². The van der Waals surface area contributed by atoms with E-state index in [1.807, 2.05) is 6.07 Å². The lowest BCUT2D eigenvalue weighted by Crippen LogP contribution is -2.42. The van der Waals surface area contributed by atoms with Crippen LogP contribution in [0.2, 0.25) is 0 Å². The van der Waals surface area contributed by atoms with Gasteiger partial charge in [0.15, 0.2) is 5.82 Å². The normalized spacial score (nSPS) is 17.9. The van der Waals surface area contributed by atoms with Gasteiger partial charge in [0.05, 0.1) is 18.8 Å². The third-order valence-electron chi connectivity index (χ3n) is 7.90. The van der Waals surface area contributed by atoms with Gasteiger partial charge in [0.25, 0.3) is 6.43 Å². The summed E-state index contributed by atoms with van der Waals surface area (Å²) < 4.78 is 38.3. The van der Waals surface area contributed by atoms with E-state index in [4.69, 9.17) is 9.84 Å². The first-order valence-corrected chi connectivity index (χ1v) is 16.5. The highest BCUT2D eigenvalue weighted by molar-refractivity contribution is 14.2. The smallest absolute Gasteiger partial charge is 0.317 e. The van der Waals surface area contributed by atoms with E-state index in [9.17, 15) is 13.6 Å². The molecule has 0 bridgehead atoms. The number of fused-ring (bicyclic) bond motifs is 2. The van der Waals surface area contributed by atoms with Gasteiger partial charge < -0.3 is 19.9 Å². The Bertz CT molecular complexity index is 1370. The van der Waals surface area contributed by atoms with E-state index in [0.717, 1.165) is 54.0 Å². The molecule has 0 atom stereocenters. The summed E-state index contributed by atoms with van der Waals surface area (Å²) in [7, 11) is 3.02. The number of carbonyl (C=O) groups excluding carboxylic acids is 1. The van der Waals surface area contributed by atoms with Gasteiger partial charge >= 0.3 is 6.03 Å². The molecule has 3 aromatic rings. The van der Waals surface area contributed by atoms with Crippen LogP contribution in [-0.2, 0) is 24.1 Å². The van der Waals surface area contributed by atoms with Crippen molar-refractivity contribution >= 4 is 47.9 Å². The molecule has 0 aliphatic carbocycles. The van der Waals surface area contributed by atoms with Gasteiger partial charge in [0.2, 0.25) is 0 Å². The number of hydrogen-bond acceptors (Lipinski definition) is 6. The summed E-state index contributed by atoms with van der Waals surface area (Å²) >= 11 is 2.11. The summed E-state index contributed by atoms with van der Waals surface area (Å²) in [5.41, 5.74) is 5.12. The minimum Gasteiger partial charge on any atom is -0.381 e. The van der Waals surface area contributed by atoms with Crippen molar-refractivity contribution in [1.82, 2.24) is 29.2 Å². The summed E-state index contributed by atoms with van der Waals surface area (Å²) in [5.74, 6) is 0.771. The maximum Gasteiger partial charge on any atom is 0.317 e. The molecule has 1 saturated heterocycles. The molecule has 2 amide bonds. The lowest BCUT2D eigenvalue weighted by molar-refractivity contribution is 0.0651. The van der Waals surface area contributed by atoms with Crippen molar-refractivity contribution in [2.75, 3.05) is 38.3 Å². The fourth-order valence-corrected chi connectivity index (χ4v) is 6.87. The minimum absolute atomic E-state index is 0.0108. The molecule has 6 rings (SSSR count). The molecule has 0 spiro atoms. The van der Waals surface area contributed by atoms with Crippen LogP contribution < -0.4 is 10.2 Å². The van der Waals surface area contributed by atoms with Gasteiger partial charge in [-0.2, -0.15) is 10.2 Å². The molecular weight excluding hydrogens is 639 g/mol. The zero-order chi connectivity index (χ0) is 27.1. The topological polar surface area (TPSA) is 80.5 Å². The van der Waals surface area contributed by atoms with Gasteiger partial charge in [0.1, 0.15) is 0 Å². The van der Waals surface area contributed by atoms with Gasteiger partial charge in [-0.05, 0) is 48.9 Å². The quantitative estimate of drug-likeness (QED) is 0.354. The largest absolute Gasteiger partial charge is 0.381 e. The molecule has 3 aliphatic heterocycles. The second-order valence-electron chi connectivity index (χ2n) is 10.1. The number of aromatic nitrogens is 4. The Morgan fingerprint density at radius 3 is 2.77 bits per heavy atom. The lowest BCUT2D eigenvalue weighted by Gasteiger charge is -2.33. The first-order valence-electron chi connectivity index (χ1n) is 13.2. The number of alkyl halides is 2. The molecule has 0 saturated carbocycles. The molecular formula is C26H30F2IN7O2S. The van der Waals surface area contributed by atoms with Crippen molar-refractivity contribution in [3.8, 4) is 11.1 Å². The Morgan fingerprint density at radius 1 is 1.23 bits per heavy atom. The molecule has 5 heterocycles. The number of ether oxygens (including phenoxy) is 1. The molecule has 9 nitrogen and oxygen atoms in total. The number of halogens is 3. The monoisotopic (exact) mass is 669 g/mol. The molecule has 0 unspecified atom stereocenters. The van der Waals surface area contributed by atoms with E-state index in [1.54, 1.807) is 34.5 Å². The third kappa shape index (κ3) is 5.01. The van der Waals surface area contributed by atoms with Crippen molar-refractivity contribution in [3.05, 3.63) is 46.9 Å². The van der Waals surface area contributed by atoms with Gasteiger partial charge in [-0.25, -0.2) is 17.7 Å². The number of benzene rings is 1. The van der Waals surface area contributed by atoms with E-state index in [0.29, 0.717) is 50.4 Å². The summed E-state index contributed by atoms with van der Waals surface area (Å²) in [5, 5.41) is 12.2. The van der Waals surface area contributed by atoms with Gasteiger partial charge in [-0.15, -0.1) is 0 Å². The number of carbonyl (C=O) groups is 1. The first-order chi connectivity index (χ1) is 19.0. The number of nitrogens with one attached hydrogen (secondary N) is 1. The average molecular weight is 670 g/mol. The number of amides is 2. The molecule has 39 heavy (non-hydrogen) atoms. The number of urea groups is 1. The summed E-state index contributed by atoms with van der Waals surface area (Å²) in [4.78, 5) is 16.4. The van der Waals surface area contributed by atoms with Crippen molar-refractivity contribution in [2.24, 2.45) is 0 Å². The third-order valence-corrected chi connectivity index (χ3v) is 9.46.